The molecule has 6 heteroatoms. The molecule has 2 aromatic rings. The zero-order chi connectivity index (χ0) is 20.4. The molecule has 0 aromatic heterocycles. The molecule has 2 N–H and O–H groups in total. The predicted octanol–water partition coefficient (Wildman–Crippen LogP) is 3.87. The summed E-state index contributed by atoms with van der Waals surface area (Å²) in [5, 5.41) is 1.81. The molecule has 150 valence electrons. The standard InChI is InChI=1S/C11H18N2O2.C10H16N2/c1-4-13(15-5-2)9-6-7-10(12)11(8-9)14-3;1-11(2)9-5-7-10(8-6-9)12(3)4/h6-8H,4-5,12H2,1-3H3;5-8H,1-4H3. The molecule has 6 nitrogen and oxygen atoms in total. The third-order valence-electron chi connectivity index (χ3n) is 3.96. The minimum Gasteiger partial charge on any atom is -0.495 e. The van der Waals surface area contributed by atoms with Crippen molar-refractivity contribution in [2.45, 2.75) is 13.8 Å². The zero-order valence-corrected chi connectivity index (χ0v) is 17.7. The van der Waals surface area contributed by atoms with Gasteiger partial charge >= 0.3 is 0 Å². The fourth-order valence-electron chi connectivity index (χ4n) is 2.41. The summed E-state index contributed by atoms with van der Waals surface area (Å²) in [4.78, 5) is 9.65. The highest BCUT2D eigenvalue weighted by Gasteiger charge is 2.07. The van der Waals surface area contributed by atoms with Crippen LogP contribution >= 0.6 is 0 Å². The van der Waals surface area contributed by atoms with Crippen molar-refractivity contribution in [1.29, 1.82) is 0 Å². The summed E-state index contributed by atoms with van der Waals surface area (Å²) in [6.45, 7) is 5.40. The molecular weight excluding hydrogens is 340 g/mol. The molecule has 0 radical (unpaired) electrons. The summed E-state index contributed by atoms with van der Waals surface area (Å²) in [5.41, 5.74) is 9.79. The van der Waals surface area contributed by atoms with E-state index in [1.807, 2.05) is 65.3 Å². The third-order valence-corrected chi connectivity index (χ3v) is 3.96. The minimum absolute atomic E-state index is 0.633. The highest BCUT2D eigenvalue weighted by Crippen LogP contribution is 2.27. The molecule has 0 amide bonds. The van der Waals surface area contributed by atoms with Crippen LogP contribution in [0.5, 0.6) is 5.75 Å². The molecule has 0 heterocycles. The number of nitrogen functional groups attached to an aromatic ring is 1. The van der Waals surface area contributed by atoms with Gasteiger partial charge in [0.1, 0.15) is 5.75 Å². The number of hydrogen-bond donors (Lipinski definition) is 1. The lowest BCUT2D eigenvalue weighted by Crippen LogP contribution is -2.22. The quantitative estimate of drug-likeness (QED) is 0.586. The van der Waals surface area contributed by atoms with Crippen LogP contribution in [0.3, 0.4) is 0 Å². The second kappa shape index (κ2) is 11.2. The molecule has 2 rings (SSSR count). The molecule has 0 saturated carbocycles. The highest BCUT2D eigenvalue weighted by atomic mass is 16.7. The molecule has 0 bridgehead atoms. The van der Waals surface area contributed by atoms with Crippen LogP contribution < -0.4 is 25.3 Å². The van der Waals surface area contributed by atoms with Gasteiger partial charge in [0, 0.05) is 52.2 Å². The Labute approximate surface area is 164 Å². The molecule has 0 aliphatic heterocycles. The van der Waals surface area contributed by atoms with Gasteiger partial charge in [-0.2, -0.15) is 0 Å². The van der Waals surface area contributed by atoms with E-state index in [9.17, 15) is 0 Å². The maximum atomic E-state index is 5.73. The van der Waals surface area contributed by atoms with Crippen molar-refractivity contribution in [1.82, 2.24) is 0 Å². The number of anilines is 4. The van der Waals surface area contributed by atoms with Crippen molar-refractivity contribution >= 4 is 22.7 Å². The Morgan fingerprint density at radius 2 is 1.30 bits per heavy atom. The van der Waals surface area contributed by atoms with Gasteiger partial charge in [-0.3, -0.25) is 9.90 Å². The summed E-state index contributed by atoms with van der Waals surface area (Å²) in [7, 11) is 9.79. The largest absolute Gasteiger partial charge is 0.495 e. The fraction of sp³-hybridized carbons (Fsp3) is 0.429. The lowest BCUT2D eigenvalue weighted by Gasteiger charge is -2.22. The Morgan fingerprint density at radius 3 is 1.67 bits per heavy atom. The molecule has 0 saturated heterocycles. The Bertz CT molecular complexity index is 645. The molecule has 0 atom stereocenters. The van der Waals surface area contributed by atoms with Gasteiger partial charge in [-0.05, 0) is 50.2 Å². The molecular formula is C21H34N4O2. The molecule has 27 heavy (non-hydrogen) atoms. The van der Waals surface area contributed by atoms with Crippen LogP contribution in [0.25, 0.3) is 0 Å². The van der Waals surface area contributed by atoms with Crippen molar-refractivity contribution in [3.05, 3.63) is 42.5 Å². The Morgan fingerprint density at radius 1 is 0.815 bits per heavy atom. The lowest BCUT2D eigenvalue weighted by molar-refractivity contribution is 0.123. The smallest absolute Gasteiger partial charge is 0.143 e. The van der Waals surface area contributed by atoms with Crippen LogP contribution in [0.1, 0.15) is 13.8 Å². The van der Waals surface area contributed by atoms with Gasteiger partial charge in [0.05, 0.1) is 25.1 Å². The number of methoxy groups -OCH3 is 1. The van der Waals surface area contributed by atoms with Crippen molar-refractivity contribution in [3.8, 4) is 5.75 Å². The van der Waals surface area contributed by atoms with E-state index >= 15 is 0 Å². The van der Waals surface area contributed by atoms with Gasteiger partial charge in [0.2, 0.25) is 0 Å². The zero-order valence-electron chi connectivity index (χ0n) is 17.7. The van der Waals surface area contributed by atoms with Crippen molar-refractivity contribution in [2.24, 2.45) is 0 Å². The monoisotopic (exact) mass is 374 g/mol. The van der Waals surface area contributed by atoms with Crippen LogP contribution in [0.2, 0.25) is 0 Å². The molecule has 0 spiro atoms. The van der Waals surface area contributed by atoms with Crippen LogP contribution in [-0.4, -0.2) is 48.5 Å². The number of ether oxygens (including phenoxy) is 1. The van der Waals surface area contributed by atoms with Crippen LogP contribution in [0, 0.1) is 0 Å². The van der Waals surface area contributed by atoms with Gasteiger partial charge in [0.25, 0.3) is 0 Å². The highest BCUT2D eigenvalue weighted by molar-refractivity contribution is 5.61. The van der Waals surface area contributed by atoms with Gasteiger partial charge in [-0.25, -0.2) is 0 Å². The van der Waals surface area contributed by atoms with Crippen molar-refractivity contribution < 1.29 is 9.57 Å². The second-order valence-electron chi connectivity index (χ2n) is 6.34. The maximum absolute atomic E-state index is 5.73. The average molecular weight is 375 g/mol. The minimum atomic E-state index is 0.633. The summed E-state index contributed by atoms with van der Waals surface area (Å²) in [6.07, 6.45) is 0. The molecule has 0 aliphatic carbocycles. The average Bonchev–Trinajstić information content (AvgIpc) is 2.67. The van der Waals surface area contributed by atoms with Gasteiger partial charge in [-0.15, -0.1) is 0 Å². The Hall–Kier alpha value is -2.60. The SMILES string of the molecule is CCON(CC)c1ccc(N)c(OC)c1.CN(C)c1ccc(N(C)C)cc1. The summed E-state index contributed by atoms with van der Waals surface area (Å²) < 4.78 is 5.15. The van der Waals surface area contributed by atoms with Crippen LogP contribution in [-0.2, 0) is 4.84 Å². The van der Waals surface area contributed by atoms with Crippen molar-refractivity contribution in [2.75, 3.05) is 69.0 Å². The molecule has 0 aliphatic rings. The molecule has 0 unspecified atom stereocenters. The van der Waals surface area contributed by atoms with E-state index < -0.39 is 0 Å². The van der Waals surface area contributed by atoms with E-state index in [-0.39, 0.29) is 0 Å². The number of hydroxylamine groups is 1. The van der Waals surface area contributed by atoms with Gasteiger partial charge in [0.15, 0.2) is 0 Å². The van der Waals surface area contributed by atoms with E-state index in [1.165, 1.54) is 11.4 Å². The van der Waals surface area contributed by atoms with Gasteiger partial charge < -0.3 is 20.3 Å². The number of benzene rings is 2. The summed E-state index contributed by atoms with van der Waals surface area (Å²) in [5.74, 6) is 0.672. The first-order valence-corrected chi connectivity index (χ1v) is 9.12. The van der Waals surface area contributed by atoms with E-state index in [0.29, 0.717) is 18.0 Å². The number of rotatable bonds is 7. The first kappa shape index (κ1) is 22.4. The summed E-state index contributed by atoms with van der Waals surface area (Å²) >= 11 is 0. The number of hydrogen-bond acceptors (Lipinski definition) is 6. The number of nitrogens with two attached hydrogens (primary N) is 1. The molecule has 0 fully saturated rings. The van der Waals surface area contributed by atoms with E-state index in [0.717, 1.165) is 12.2 Å². The third kappa shape index (κ3) is 6.90. The normalized spacial score (nSPS) is 9.89. The maximum Gasteiger partial charge on any atom is 0.143 e. The van der Waals surface area contributed by atoms with E-state index in [1.54, 1.807) is 7.11 Å². The van der Waals surface area contributed by atoms with Crippen LogP contribution in [0.15, 0.2) is 42.5 Å². The van der Waals surface area contributed by atoms with Crippen LogP contribution in [0.4, 0.5) is 22.7 Å². The van der Waals surface area contributed by atoms with E-state index in [2.05, 4.69) is 34.1 Å². The van der Waals surface area contributed by atoms with E-state index in [4.69, 9.17) is 15.3 Å². The second-order valence-corrected chi connectivity index (χ2v) is 6.34. The predicted molar refractivity (Wildman–Crippen MR) is 117 cm³/mol. The number of nitrogens with zero attached hydrogens (tertiary/aromatic N) is 3. The first-order valence-electron chi connectivity index (χ1n) is 9.12. The molecule has 2 aromatic carbocycles. The first-order chi connectivity index (χ1) is 12.8. The van der Waals surface area contributed by atoms with Gasteiger partial charge in [-0.1, -0.05) is 0 Å². The lowest BCUT2D eigenvalue weighted by atomic mass is 10.2. The summed E-state index contributed by atoms with van der Waals surface area (Å²) in [6, 6.07) is 14.1. The Balaban J connectivity index is 0.000000277. The Kier molecular flexibility index (Phi) is 9.30. The fourth-order valence-corrected chi connectivity index (χ4v) is 2.41. The topological polar surface area (TPSA) is 54.2 Å². The van der Waals surface area contributed by atoms with Crippen molar-refractivity contribution in [3.63, 3.8) is 0 Å².